The van der Waals surface area contributed by atoms with Gasteiger partial charge >= 0.3 is 0 Å². The summed E-state index contributed by atoms with van der Waals surface area (Å²) in [5.74, 6) is 0. The molecule has 1 aliphatic rings. The lowest BCUT2D eigenvalue weighted by molar-refractivity contribution is -0.112. The normalized spacial score (nSPS) is 18.3. The van der Waals surface area contributed by atoms with E-state index in [0.29, 0.717) is 0 Å². The third-order valence-corrected chi connectivity index (χ3v) is 5.12. The zero-order valence-electron chi connectivity index (χ0n) is 14.2. The summed E-state index contributed by atoms with van der Waals surface area (Å²) in [4.78, 5) is 6.69. The van der Waals surface area contributed by atoms with E-state index < -0.39 is 5.72 Å². The van der Waals surface area contributed by atoms with Crippen LogP contribution in [0.25, 0.3) is 0 Å². The molecule has 1 unspecified atom stereocenters. The molecule has 1 aromatic heterocycles. The largest absolute Gasteiger partial charge is 0.370 e. The van der Waals surface area contributed by atoms with Crippen LogP contribution >= 0.6 is 11.6 Å². The van der Waals surface area contributed by atoms with Crippen LogP contribution < -0.4 is 0 Å². The van der Waals surface area contributed by atoms with Crippen molar-refractivity contribution in [1.29, 1.82) is 0 Å². The minimum Gasteiger partial charge on any atom is -0.370 e. The van der Waals surface area contributed by atoms with Crippen molar-refractivity contribution in [2.75, 3.05) is 13.1 Å². The first-order valence-electron chi connectivity index (χ1n) is 8.73. The van der Waals surface area contributed by atoms with E-state index in [9.17, 15) is 5.11 Å². The molecule has 0 amide bonds. The van der Waals surface area contributed by atoms with Crippen LogP contribution in [0.15, 0.2) is 42.6 Å². The lowest BCUT2D eigenvalue weighted by Gasteiger charge is -2.39. The van der Waals surface area contributed by atoms with E-state index in [1.54, 1.807) is 6.20 Å². The second kappa shape index (κ2) is 7.64. The number of aromatic nitrogens is 1. The zero-order chi connectivity index (χ0) is 17.0. The number of nitrogens with zero attached hydrogens (tertiary/aromatic N) is 2. The van der Waals surface area contributed by atoms with E-state index in [2.05, 4.69) is 22.0 Å². The molecule has 1 fully saturated rings. The molecular weight excluding hydrogens is 320 g/mol. The van der Waals surface area contributed by atoms with Gasteiger partial charge in [0.15, 0.2) is 5.72 Å². The molecule has 1 saturated heterocycles. The second-order valence-corrected chi connectivity index (χ2v) is 7.15. The van der Waals surface area contributed by atoms with E-state index in [1.807, 2.05) is 31.2 Å². The maximum Gasteiger partial charge on any atom is 0.159 e. The Morgan fingerprint density at radius 2 is 1.92 bits per heavy atom. The predicted molar refractivity (Wildman–Crippen MR) is 98.1 cm³/mol. The lowest BCUT2D eigenvalue weighted by Crippen LogP contribution is -2.47. The maximum atomic E-state index is 11.2. The fourth-order valence-corrected chi connectivity index (χ4v) is 3.73. The molecule has 24 heavy (non-hydrogen) atoms. The van der Waals surface area contributed by atoms with Crippen LogP contribution in [0.2, 0.25) is 5.02 Å². The third-order valence-electron chi connectivity index (χ3n) is 4.88. The summed E-state index contributed by atoms with van der Waals surface area (Å²) < 4.78 is 0. The average Bonchev–Trinajstić information content (AvgIpc) is 2.61. The highest BCUT2D eigenvalue weighted by atomic mass is 35.5. The van der Waals surface area contributed by atoms with Gasteiger partial charge in [-0.15, -0.1) is 0 Å². The molecule has 0 saturated carbocycles. The molecule has 2 heterocycles. The number of piperidine rings is 1. The second-order valence-electron chi connectivity index (χ2n) is 6.71. The minimum absolute atomic E-state index is 0.763. The van der Waals surface area contributed by atoms with Crippen molar-refractivity contribution in [1.82, 2.24) is 9.88 Å². The van der Waals surface area contributed by atoms with Crippen LogP contribution in [0.5, 0.6) is 0 Å². The molecule has 1 aromatic carbocycles. The topological polar surface area (TPSA) is 36.4 Å². The van der Waals surface area contributed by atoms with Crippen molar-refractivity contribution in [3.8, 4) is 0 Å². The molecule has 0 spiro atoms. The van der Waals surface area contributed by atoms with Crippen LogP contribution in [-0.2, 0) is 18.6 Å². The van der Waals surface area contributed by atoms with Gasteiger partial charge in [-0.2, -0.15) is 0 Å². The summed E-state index contributed by atoms with van der Waals surface area (Å²) in [6, 6.07) is 12.0. The van der Waals surface area contributed by atoms with Gasteiger partial charge in [-0.25, -0.2) is 0 Å². The van der Waals surface area contributed by atoms with Crippen LogP contribution in [0.1, 0.15) is 43.0 Å². The Morgan fingerprint density at radius 3 is 2.67 bits per heavy atom. The molecule has 0 bridgehead atoms. The summed E-state index contributed by atoms with van der Waals surface area (Å²) in [5, 5.41) is 11.9. The average molecular weight is 345 g/mol. The van der Waals surface area contributed by atoms with Gasteiger partial charge < -0.3 is 5.11 Å². The quantitative estimate of drug-likeness (QED) is 0.884. The van der Waals surface area contributed by atoms with Gasteiger partial charge in [-0.1, -0.05) is 36.2 Å². The molecule has 1 atom stereocenters. The van der Waals surface area contributed by atoms with Crippen molar-refractivity contribution < 1.29 is 5.11 Å². The van der Waals surface area contributed by atoms with Crippen molar-refractivity contribution in [2.24, 2.45) is 0 Å². The summed E-state index contributed by atoms with van der Waals surface area (Å²) in [5.41, 5.74) is 2.09. The SMILES string of the molecule is CC(O)(c1ncccc1CCc1cccc(Cl)c1)N1CCCCC1. The fourth-order valence-electron chi connectivity index (χ4n) is 3.52. The van der Waals surface area contributed by atoms with Crippen molar-refractivity contribution in [3.05, 3.63) is 64.4 Å². The molecule has 4 heteroatoms. The van der Waals surface area contributed by atoms with Gasteiger partial charge in [0.2, 0.25) is 0 Å². The van der Waals surface area contributed by atoms with Crippen LogP contribution in [0.4, 0.5) is 0 Å². The number of rotatable bonds is 5. The first kappa shape index (κ1) is 17.4. The number of likely N-dealkylation sites (tertiary alicyclic amines) is 1. The van der Waals surface area contributed by atoms with E-state index in [4.69, 9.17) is 11.6 Å². The molecule has 0 radical (unpaired) electrons. The molecule has 128 valence electrons. The Balaban J connectivity index is 1.79. The Labute approximate surface area is 149 Å². The molecule has 3 rings (SSSR count). The fraction of sp³-hybridized carbons (Fsp3) is 0.450. The highest BCUT2D eigenvalue weighted by Gasteiger charge is 2.34. The zero-order valence-corrected chi connectivity index (χ0v) is 15.0. The highest BCUT2D eigenvalue weighted by Crippen LogP contribution is 2.30. The molecular formula is C20H25ClN2O. The minimum atomic E-state index is -1.01. The highest BCUT2D eigenvalue weighted by molar-refractivity contribution is 6.30. The number of aryl methyl sites for hydroxylation is 2. The summed E-state index contributed by atoms with van der Waals surface area (Å²) in [7, 11) is 0. The van der Waals surface area contributed by atoms with Gasteiger partial charge in [0.05, 0.1) is 5.69 Å². The van der Waals surface area contributed by atoms with Crippen molar-refractivity contribution in [3.63, 3.8) is 0 Å². The van der Waals surface area contributed by atoms with Gasteiger partial charge in [-0.3, -0.25) is 9.88 Å². The van der Waals surface area contributed by atoms with Crippen LogP contribution in [0, 0.1) is 0 Å². The van der Waals surface area contributed by atoms with Crippen LogP contribution in [-0.4, -0.2) is 28.1 Å². The number of hydrogen-bond donors (Lipinski definition) is 1. The number of benzene rings is 1. The first-order valence-corrected chi connectivity index (χ1v) is 9.11. The molecule has 1 N–H and O–H groups in total. The predicted octanol–water partition coefficient (Wildman–Crippen LogP) is 4.17. The summed E-state index contributed by atoms with van der Waals surface area (Å²) >= 11 is 6.07. The Kier molecular flexibility index (Phi) is 5.54. The lowest BCUT2D eigenvalue weighted by atomic mass is 9.96. The van der Waals surface area contributed by atoms with Gasteiger partial charge in [0, 0.05) is 24.3 Å². The molecule has 3 nitrogen and oxygen atoms in total. The van der Waals surface area contributed by atoms with E-state index >= 15 is 0 Å². The molecule has 1 aliphatic heterocycles. The van der Waals surface area contributed by atoms with Crippen molar-refractivity contribution >= 4 is 11.6 Å². The Bertz CT molecular complexity index is 681. The number of hydrogen-bond acceptors (Lipinski definition) is 3. The van der Waals surface area contributed by atoms with E-state index in [1.165, 1.54) is 12.0 Å². The number of halogens is 1. The summed E-state index contributed by atoms with van der Waals surface area (Å²) in [6.45, 7) is 3.73. The molecule has 2 aromatic rings. The third kappa shape index (κ3) is 3.97. The maximum absolute atomic E-state index is 11.2. The van der Waals surface area contributed by atoms with Gasteiger partial charge in [-0.05, 0) is 61.9 Å². The first-order chi connectivity index (χ1) is 11.6. The summed E-state index contributed by atoms with van der Waals surface area (Å²) in [6.07, 6.45) is 7.03. The van der Waals surface area contributed by atoms with Gasteiger partial charge in [0.25, 0.3) is 0 Å². The molecule has 0 aliphatic carbocycles. The van der Waals surface area contributed by atoms with Gasteiger partial charge in [0.1, 0.15) is 0 Å². The number of aliphatic hydroxyl groups is 1. The van der Waals surface area contributed by atoms with Crippen LogP contribution in [0.3, 0.4) is 0 Å². The smallest absolute Gasteiger partial charge is 0.159 e. The Morgan fingerprint density at radius 1 is 1.12 bits per heavy atom. The Hall–Kier alpha value is -1.42. The van der Waals surface area contributed by atoms with Crippen molar-refractivity contribution in [2.45, 2.75) is 44.8 Å². The monoisotopic (exact) mass is 344 g/mol. The standard InChI is InChI=1S/C20H25ClN2O/c1-20(24,23-13-3-2-4-14-23)19-17(8-6-12-22-19)11-10-16-7-5-9-18(21)15-16/h5-9,12,15,24H,2-4,10-11,13-14H2,1H3. The van der Waals surface area contributed by atoms with E-state index in [0.717, 1.165) is 55.1 Å². The van der Waals surface area contributed by atoms with E-state index in [-0.39, 0.29) is 0 Å². The number of pyridine rings is 1.